The molecule has 0 aliphatic rings. The highest BCUT2D eigenvalue weighted by Gasteiger charge is 2.01. The highest BCUT2D eigenvalue weighted by molar-refractivity contribution is 7.11. The SMILES string of the molecule is Cc1ccc(CCCC(=O)NCCCN)s1. The first-order chi connectivity index (χ1) is 7.72. The Hall–Kier alpha value is -0.870. The quantitative estimate of drug-likeness (QED) is 0.715. The van der Waals surface area contributed by atoms with E-state index in [-0.39, 0.29) is 5.91 Å². The number of carbonyl (C=O) groups is 1. The minimum atomic E-state index is 0.140. The number of carbonyl (C=O) groups excluding carboxylic acids is 1. The second kappa shape index (κ2) is 7.41. The summed E-state index contributed by atoms with van der Waals surface area (Å²) in [6.45, 7) is 3.44. The largest absolute Gasteiger partial charge is 0.356 e. The summed E-state index contributed by atoms with van der Waals surface area (Å²) in [4.78, 5) is 14.1. The van der Waals surface area contributed by atoms with Crippen LogP contribution in [0.3, 0.4) is 0 Å². The van der Waals surface area contributed by atoms with Crippen molar-refractivity contribution < 1.29 is 4.79 Å². The third kappa shape index (κ3) is 5.28. The summed E-state index contributed by atoms with van der Waals surface area (Å²) in [6, 6.07) is 4.27. The third-order valence-electron chi connectivity index (χ3n) is 2.33. The molecule has 0 saturated heterocycles. The van der Waals surface area contributed by atoms with Crippen molar-refractivity contribution in [2.45, 2.75) is 32.6 Å². The summed E-state index contributed by atoms with van der Waals surface area (Å²) in [5.74, 6) is 0.140. The van der Waals surface area contributed by atoms with E-state index in [1.165, 1.54) is 9.75 Å². The molecule has 0 atom stereocenters. The van der Waals surface area contributed by atoms with E-state index in [1.54, 1.807) is 0 Å². The van der Waals surface area contributed by atoms with Crippen LogP contribution in [0.25, 0.3) is 0 Å². The number of amides is 1. The molecule has 3 nitrogen and oxygen atoms in total. The Morgan fingerprint density at radius 3 is 2.88 bits per heavy atom. The lowest BCUT2D eigenvalue weighted by Crippen LogP contribution is -2.25. The zero-order chi connectivity index (χ0) is 11.8. The molecule has 0 aliphatic carbocycles. The second-order valence-electron chi connectivity index (χ2n) is 3.86. The number of nitrogens with two attached hydrogens (primary N) is 1. The smallest absolute Gasteiger partial charge is 0.220 e. The van der Waals surface area contributed by atoms with Crippen molar-refractivity contribution in [1.29, 1.82) is 0 Å². The van der Waals surface area contributed by atoms with Gasteiger partial charge in [0.25, 0.3) is 0 Å². The molecule has 0 fully saturated rings. The van der Waals surface area contributed by atoms with Crippen LogP contribution in [0.4, 0.5) is 0 Å². The summed E-state index contributed by atoms with van der Waals surface area (Å²) >= 11 is 1.81. The van der Waals surface area contributed by atoms with Gasteiger partial charge >= 0.3 is 0 Å². The maximum absolute atomic E-state index is 11.4. The molecule has 0 aliphatic heterocycles. The van der Waals surface area contributed by atoms with Crippen molar-refractivity contribution >= 4 is 17.2 Å². The van der Waals surface area contributed by atoms with Crippen LogP contribution in [0.5, 0.6) is 0 Å². The van der Waals surface area contributed by atoms with Crippen molar-refractivity contribution in [3.05, 3.63) is 21.9 Å². The molecule has 3 N–H and O–H groups in total. The number of nitrogens with one attached hydrogen (secondary N) is 1. The van der Waals surface area contributed by atoms with Crippen LogP contribution in [-0.4, -0.2) is 19.0 Å². The Labute approximate surface area is 101 Å². The second-order valence-corrected chi connectivity index (χ2v) is 5.23. The van der Waals surface area contributed by atoms with Crippen molar-refractivity contribution in [2.24, 2.45) is 5.73 Å². The lowest BCUT2D eigenvalue weighted by atomic mass is 10.2. The summed E-state index contributed by atoms with van der Waals surface area (Å²) in [5.41, 5.74) is 5.34. The van der Waals surface area contributed by atoms with E-state index in [0.29, 0.717) is 19.5 Å². The van der Waals surface area contributed by atoms with Crippen LogP contribution in [0, 0.1) is 6.92 Å². The monoisotopic (exact) mass is 240 g/mol. The average Bonchev–Trinajstić information content (AvgIpc) is 2.65. The minimum Gasteiger partial charge on any atom is -0.356 e. The van der Waals surface area contributed by atoms with Gasteiger partial charge in [0.2, 0.25) is 5.91 Å². The predicted molar refractivity (Wildman–Crippen MR) is 68.7 cm³/mol. The van der Waals surface area contributed by atoms with E-state index in [4.69, 9.17) is 5.73 Å². The van der Waals surface area contributed by atoms with E-state index < -0.39 is 0 Å². The lowest BCUT2D eigenvalue weighted by Gasteiger charge is -2.03. The normalized spacial score (nSPS) is 10.4. The molecule has 0 radical (unpaired) electrons. The van der Waals surface area contributed by atoms with Crippen molar-refractivity contribution in [1.82, 2.24) is 5.32 Å². The number of rotatable bonds is 7. The molecular formula is C12H20N2OS. The standard InChI is InChI=1S/C12H20N2OS/c1-10-6-7-11(16-10)4-2-5-12(15)14-9-3-8-13/h6-7H,2-5,8-9,13H2,1H3,(H,14,15). The lowest BCUT2D eigenvalue weighted by molar-refractivity contribution is -0.121. The van der Waals surface area contributed by atoms with Crippen LogP contribution >= 0.6 is 11.3 Å². The van der Waals surface area contributed by atoms with Gasteiger partial charge in [0.15, 0.2) is 0 Å². The van der Waals surface area contributed by atoms with E-state index >= 15 is 0 Å². The van der Waals surface area contributed by atoms with Gasteiger partial charge in [-0.05, 0) is 44.9 Å². The topological polar surface area (TPSA) is 55.1 Å². The van der Waals surface area contributed by atoms with Crippen LogP contribution in [-0.2, 0) is 11.2 Å². The Balaban J connectivity index is 2.08. The first-order valence-corrected chi connectivity index (χ1v) is 6.56. The molecule has 90 valence electrons. The third-order valence-corrected chi connectivity index (χ3v) is 3.39. The molecule has 1 aromatic heterocycles. The van der Waals surface area contributed by atoms with Gasteiger partial charge in [-0.1, -0.05) is 0 Å². The maximum Gasteiger partial charge on any atom is 0.220 e. The molecule has 4 heteroatoms. The van der Waals surface area contributed by atoms with Gasteiger partial charge in [-0.3, -0.25) is 4.79 Å². The number of hydrogen-bond donors (Lipinski definition) is 2. The summed E-state index contributed by atoms with van der Waals surface area (Å²) in [6.07, 6.45) is 3.40. The fraction of sp³-hybridized carbons (Fsp3) is 0.583. The molecule has 1 amide bonds. The number of hydrogen-bond acceptors (Lipinski definition) is 3. The number of thiophene rings is 1. The molecule has 0 aromatic carbocycles. The maximum atomic E-state index is 11.4. The first-order valence-electron chi connectivity index (χ1n) is 5.74. The summed E-state index contributed by atoms with van der Waals surface area (Å²) < 4.78 is 0. The average molecular weight is 240 g/mol. The molecule has 1 aromatic rings. The molecule has 0 bridgehead atoms. The van der Waals surface area contributed by atoms with E-state index in [0.717, 1.165) is 19.3 Å². The Morgan fingerprint density at radius 2 is 2.25 bits per heavy atom. The van der Waals surface area contributed by atoms with Gasteiger partial charge in [0.1, 0.15) is 0 Å². The fourth-order valence-corrected chi connectivity index (χ4v) is 2.39. The molecule has 0 saturated carbocycles. The summed E-state index contributed by atoms with van der Waals surface area (Å²) in [7, 11) is 0. The van der Waals surface area contributed by atoms with Gasteiger partial charge in [0.05, 0.1) is 0 Å². The van der Waals surface area contributed by atoms with Gasteiger partial charge < -0.3 is 11.1 Å². The molecule has 1 heterocycles. The zero-order valence-corrected chi connectivity index (χ0v) is 10.6. The fourth-order valence-electron chi connectivity index (χ4n) is 1.46. The number of aryl methyl sites for hydroxylation is 2. The molecule has 1 rings (SSSR count). The molecular weight excluding hydrogens is 220 g/mol. The van der Waals surface area contributed by atoms with Gasteiger partial charge in [0, 0.05) is 22.7 Å². The Bertz CT molecular complexity index is 323. The van der Waals surface area contributed by atoms with Crippen molar-refractivity contribution in [3.63, 3.8) is 0 Å². The van der Waals surface area contributed by atoms with Crippen molar-refractivity contribution in [3.8, 4) is 0 Å². The highest BCUT2D eigenvalue weighted by Crippen LogP contribution is 2.17. The molecule has 0 spiro atoms. The summed E-state index contributed by atoms with van der Waals surface area (Å²) in [5, 5.41) is 2.86. The predicted octanol–water partition coefficient (Wildman–Crippen LogP) is 1.84. The first kappa shape index (κ1) is 13.2. The van der Waals surface area contributed by atoms with Crippen LogP contribution in [0.1, 0.15) is 29.0 Å². The van der Waals surface area contributed by atoms with Gasteiger partial charge in [-0.15, -0.1) is 11.3 Å². The molecule has 16 heavy (non-hydrogen) atoms. The van der Waals surface area contributed by atoms with E-state index in [9.17, 15) is 4.79 Å². The minimum absolute atomic E-state index is 0.140. The Morgan fingerprint density at radius 1 is 1.44 bits per heavy atom. The van der Waals surface area contributed by atoms with Crippen LogP contribution in [0.2, 0.25) is 0 Å². The van der Waals surface area contributed by atoms with Gasteiger partial charge in [-0.25, -0.2) is 0 Å². The zero-order valence-electron chi connectivity index (χ0n) is 9.79. The van der Waals surface area contributed by atoms with E-state index in [1.807, 2.05) is 11.3 Å². The van der Waals surface area contributed by atoms with E-state index in [2.05, 4.69) is 24.4 Å². The van der Waals surface area contributed by atoms with Gasteiger partial charge in [-0.2, -0.15) is 0 Å². The highest BCUT2D eigenvalue weighted by atomic mass is 32.1. The van der Waals surface area contributed by atoms with Crippen molar-refractivity contribution in [2.75, 3.05) is 13.1 Å². The van der Waals surface area contributed by atoms with Crippen LogP contribution < -0.4 is 11.1 Å². The Kier molecular flexibility index (Phi) is 6.11. The molecule has 0 unspecified atom stereocenters. The van der Waals surface area contributed by atoms with Crippen LogP contribution in [0.15, 0.2) is 12.1 Å².